The van der Waals surface area contributed by atoms with Gasteiger partial charge in [0.1, 0.15) is 12.0 Å². The van der Waals surface area contributed by atoms with E-state index in [-0.39, 0.29) is 36.5 Å². The van der Waals surface area contributed by atoms with Crippen LogP contribution >= 0.6 is 15.9 Å². The van der Waals surface area contributed by atoms with E-state index in [1.807, 2.05) is 24.3 Å². The number of halogens is 1. The minimum absolute atomic E-state index is 0.173. The molecule has 2 aromatic heterocycles. The lowest BCUT2D eigenvalue weighted by Gasteiger charge is -2.17. The summed E-state index contributed by atoms with van der Waals surface area (Å²) in [7, 11) is -4.17. The fraction of sp³-hybridized carbons (Fsp3) is 0.364. The monoisotopic (exact) mass is 565 g/mol. The normalized spacial score (nSPS) is 22.4. The van der Waals surface area contributed by atoms with Crippen molar-refractivity contribution in [2.75, 3.05) is 6.61 Å². The summed E-state index contributed by atoms with van der Waals surface area (Å²) < 4.78 is 29.3. The van der Waals surface area contributed by atoms with Gasteiger partial charge in [0.25, 0.3) is 0 Å². The number of hydrogen-bond donors (Lipinski definition) is 3. The standard InChI is InChI=1S/C22H24BrN5O6S/c23-16-3-1-2-13(6-16)10-28-5-4-18(27-28)22(31)17-9-25-12-26-19(17)8-14-7-15(21(30)20(14)29)11-34-35(24,32)33/h1-6,9,12,14-15,20-21,29-30H,7-8,10-11H2,(H2,24,32,33)/t14-,15+,20-,21+/m0/s1. The molecular weight excluding hydrogens is 542 g/mol. The first kappa shape index (κ1) is 25.5. The van der Waals surface area contributed by atoms with Gasteiger partial charge < -0.3 is 10.2 Å². The van der Waals surface area contributed by atoms with Crippen LogP contribution in [0.25, 0.3) is 0 Å². The molecule has 4 N–H and O–H groups in total. The first-order valence-electron chi connectivity index (χ1n) is 10.8. The average molecular weight is 566 g/mol. The summed E-state index contributed by atoms with van der Waals surface area (Å²) in [5, 5.41) is 30.1. The highest BCUT2D eigenvalue weighted by molar-refractivity contribution is 9.10. The lowest BCUT2D eigenvalue weighted by atomic mass is 9.95. The number of aromatic nitrogens is 4. The molecule has 11 nitrogen and oxygen atoms in total. The molecular formula is C22H24BrN5O6S. The third kappa shape index (κ3) is 6.37. The van der Waals surface area contributed by atoms with Crippen molar-refractivity contribution in [2.45, 2.75) is 31.6 Å². The summed E-state index contributed by atoms with van der Waals surface area (Å²) in [6, 6.07) is 9.39. The molecule has 13 heteroatoms. The van der Waals surface area contributed by atoms with Crippen LogP contribution in [-0.4, -0.2) is 63.0 Å². The van der Waals surface area contributed by atoms with Crippen LogP contribution in [0.5, 0.6) is 0 Å². The predicted octanol–water partition coefficient (Wildman–Crippen LogP) is 0.835. The fourth-order valence-corrected chi connectivity index (χ4v) is 5.08. The summed E-state index contributed by atoms with van der Waals surface area (Å²) >= 11 is 3.44. The van der Waals surface area contributed by atoms with Crippen LogP contribution < -0.4 is 5.14 Å². The molecule has 1 aliphatic carbocycles. The van der Waals surface area contributed by atoms with E-state index in [1.165, 1.54) is 12.5 Å². The van der Waals surface area contributed by atoms with Crippen molar-refractivity contribution in [3.63, 3.8) is 0 Å². The van der Waals surface area contributed by atoms with Crippen molar-refractivity contribution in [1.29, 1.82) is 0 Å². The maximum atomic E-state index is 13.2. The molecule has 0 bridgehead atoms. The fourth-order valence-electron chi connectivity index (χ4n) is 4.27. The maximum absolute atomic E-state index is 13.2. The summed E-state index contributed by atoms with van der Waals surface area (Å²) in [6.07, 6.45) is 2.51. The van der Waals surface area contributed by atoms with Gasteiger partial charge in [-0.25, -0.2) is 15.1 Å². The smallest absolute Gasteiger partial charge is 0.333 e. The molecule has 0 radical (unpaired) electrons. The molecule has 1 saturated carbocycles. The molecule has 4 atom stereocenters. The number of hydrogen-bond acceptors (Lipinski definition) is 9. The molecule has 0 unspecified atom stereocenters. The first-order valence-corrected chi connectivity index (χ1v) is 13.0. The number of nitrogens with two attached hydrogens (primary N) is 1. The summed E-state index contributed by atoms with van der Waals surface area (Å²) in [5.41, 5.74) is 1.88. The molecule has 0 saturated heterocycles. The first-order chi connectivity index (χ1) is 16.6. The van der Waals surface area contributed by atoms with Gasteiger partial charge in [-0.05, 0) is 42.5 Å². The van der Waals surface area contributed by atoms with Gasteiger partial charge in [0.05, 0.1) is 36.6 Å². The highest BCUT2D eigenvalue weighted by Gasteiger charge is 2.42. The number of nitrogens with zero attached hydrogens (tertiary/aromatic N) is 4. The highest BCUT2D eigenvalue weighted by atomic mass is 79.9. The van der Waals surface area contributed by atoms with Crippen LogP contribution in [0.1, 0.15) is 33.7 Å². The Kier molecular flexibility index (Phi) is 7.73. The average Bonchev–Trinajstić information content (AvgIpc) is 3.37. The van der Waals surface area contributed by atoms with Crippen molar-refractivity contribution in [3.8, 4) is 0 Å². The number of aliphatic hydroxyl groups is 2. The van der Waals surface area contributed by atoms with E-state index in [0.717, 1.165) is 10.0 Å². The van der Waals surface area contributed by atoms with Crippen LogP contribution in [0.2, 0.25) is 0 Å². The van der Waals surface area contributed by atoms with Crippen molar-refractivity contribution >= 4 is 32.0 Å². The van der Waals surface area contributed by atoms with Gasteiger partial charge in [-0.2, -0.15) is 13.5 Å². The summed E-state index contributed by atoms with van der Waals surface area (Å²) in [6.45, 7) is 0.136. The van der Waals surface area contributed by atoms with Crippen molar-refractivity contribution in [1.82, 2.24) is 19.7 Å². The molecule has 1 aromatic carbocycles. The van der Waals surface area contributed by atoms with E-state index in [2.05, 4.69) is 35.2 Å². The highest BCUT2D eigenvalue weighted by Crippen LogP contribution is 2.35. The largest absolute Gasteiger partial charge is 0.390 e. The van der Waals surface area contributed by atoms with E-state index in [1.54, 1.807) is 16.9 Å². The molecule has 1 aliphatic rings. The third-order valence-electron chi connectivity index (χ3n) is 5.97. The van der Waals surface area contributed by atoms with Crippen LogP contribution in [0.4, 0.5) is 0 Å². The van der Waals surface area contributed by atoms with Crippen LogP contribution in [0, 0.1) is 11.8 Å². The van der Waals surface area contributed by atoms with Crippen molar-refractivity contribution in [2.24, 2.45) is 17.0 Å². The van der Waals surface area contributed by atoms with Gasteiger partial charge in [0.2, 0.25) is 5.78 Å². The number of rotatable bonds is 9. The van der Waals surface area contributed by atoms with E-state index in [0.29, 0.717) is 12.2 Å². The molecule has 0 amide bonds. The van der Waals surface area contributed by atoms with E-state index in [4.69, 9.17) is 5.14 Å². The Bertz CT molecular complexity index is 1320. The van der Waals surface area contributed by atoms with Gasteiger partial charge >= 0.3 is 10.3 Å². The lowest BCUT2D eigenvalue weighted by Crippen LogP contribution is -2.31. The van der Waals surface area contributed by atoms with Gasteiger partial charge in [0.15, 0.2) is 0 Å². The molecule has 3 aromatic rings. The Hall–Kier alpha value is -2.55. The number of aliphatic hydroxyl groups excluding tert-OH is 2. The van der Waals surface area contributed by atoms with Gasteiger partial charge in [-0.3, -0.25) is 13.7 Å². The molecule has 35 heavy (non-hydrogen) atoms. The van der Waals surface area contributed by atoms with E-state index in [9.17, 15) is 23.4 Å². The van der Waals surface area contributed by atoms with Gasteiger partial charge in [-0.15, -0.1) is 0 Å². The van der Waals surface area contributed by atoms with Gasteiger partial charge in [0, 0.05) is 22.8 Å². The Morgan fingerprint density at radius 3 is 2.74 bits per heavy atom. The minimum atomic E-state index is -4.17. The minimum Gasteiger partial charge on any atom is -0.390 e. The Labute approximate surface area is 210 Å². The Balaban J connectivity index is 1.47. The van der Waals surface area contributed by atoms with Crippen LogP contribution in [0.3, 0.4) is 0 Å². The zero-order valence-corrected chi connectivity index (χ0v) is 20.8. The molecule has 4 rings (SSSR count). The summed E-state index contributed by atoms with van der Waals surface area (Å²) in [5.74, 6) is -1.48. The second-order valence-corrected chi connectivity index (χ2v) is 10.6. The number of carbonyl (C=O) groups is 1. The van der Waals surface area contributed by atoms with Crippen LogP contribution in [-0.2, 0) is 27.5 Å². The zero-order valence-electron chi connectivity index (χ0n) is 18.4. The Morgan fingerprint density at radius 1 is 1.23 bits per heavy atom. The second-order valence-electron chi connectivity index (χ2n) is 8.46. The maximum Gasteiger partial charge on any atom is 0.333 e. The quantitative estimate of drug-likeness (QED) is 0.318. The number of ketones is 1. The van der Waals surface area contributed by atoms with E-state index >= 15 is 0 Å². The van der Waals surface area contributed by atoms with E-state index < -0.39 is 34.3 Å². The topological polar surface area (TPSA) is 171 Å². The molecule has 0 spiro atoms. The molecule has 0 aliphatic heterocycles. The third-order valence-corrected chi connectivity index (χ3v) is 6.93. The van der Waals surface area contributed by atoms with Crippen LogP contribution in [0.15, 0.2) is 53.5 Å². The summed E-state index contributed by atoms with van der Waals surface area (Å²) in [4.78, 5) is 21.4. The van der Waals surface area contributed by atoms with Crippen molar-refractivity contribution < 1.29 is 27.6 Å². The van der Waals surface area contributed by atoms with Crippen molar-refractivity contribution in [3.05, 3.63) is 76.0 Å². The lowest BCUT2D eigenvalue weighted by molar-refractivity contribution is -0.00334. The molecule has 186 valence electrons. The predicted molar refractivity (Wildman–Crippen MR) is 127 cm³/mol. The number of benzene rings is 1. The molecule has 1 fully saturated rings. The number of carbonyl (C=O) groups excluding carboxylic acids is 1. The molecule has 2 heterocycles. The SMILES string of the molecule is NS(=O)(=O)OC[C@H]1C[C@@H](Cc2ncncc2C(=O)c2ccn(Cc3cccc(Br)c3)n2)[C@H](O)[C@@H]1O. The Morgan fingerprint density at radius 2 is 2.00 bits per heavy atom. The van der Waals surface area contributed by atoms with Gasteiger partial charge in [-0.1, -0.05) is 28.1 Å². The second kappa shape index (κ2) is 10.6. The zero-order chi connectivity index (χ0) is 25.2.